The molecule has 0 spiro atoms. The molecule has 0 saturated carbocycles. The van der Waals surface area contributed by atoms with Gasteiger partial charge < -0.3 is 9.84 Å². The third kappa shape index (κ3) is 9.26. The first-order valence-electron chi connectivity index (χ1n) is 5.22. The molecule has 0 aliphatic carbocycles. The van der Waals surface area contributed by atoms with Crippen LogP contribution in [0.4, 0.5) is 0 Å². The first-order chi connectivity index (χ1) is 6.81. The summed E-state index contributed by atoms with van der Waals surface area (Å²) < 4.78 is 4.97. The second-order valence-corrected chi connectivity index (χ2v) is 3.12. The highest BCUT2D eigenvalue weighted by Crippen LogP contribution is 1.96. The molecule has 0 rings (SSSR count). The molecule has 0 aromatic rings. The van der Waals surface area contributed by atoms with Gasteiger partial charge in [-0.1, -0.05) is 31.9 Å². The minimum atomic E-state index is -0.185. The minimum absolute atomic E-state index is 0.127. The third-order valence-corrected chi connectivity index (χ3v) is 1.76. The van der Waals surface area contributed by atoms with Gasteiger partial charge in [-0.3, -0.25) is 4.79 Å². The van der Waals surface area contributed by atoms with E-state index >= 15 is 0 Å². The highest BCUT2D eigenvalue weighted by molar-refractivity contribution is 5.71. The van der Waals surface area contributed by atoms with E-state index in [4.69, 9.17) is 9.84 Å². The number of aliphatic hydroxyl groups excluding tert-OH is 1. The van der Waals surface area contributed by atoms with Crippen molar-refractivity contribution in [3.63, 3.8) is 0 Å². The Hall–Kier alpha value is -0.830. The van der Waals surface area contributed by atoms with Gasteiger partial charge in [0.25, 0.3) is 0 Å². The predicted octanol–water partition coefficient (Wildman–Crippen LogP) is 2.05. The molecule has 82 valence electrons. The summed E-state index contributed by atoms with van der Waals surface area (Å²) in [5.41, 5.74) is 0. The summed E-state index contributed by atoms with van der Waals surface area (Å²) >= 11 is 0. The lowest BCUT2D eigenvalue weighted by atomic mass is 10.3. The zero-order valence-corrected chi connectivity index (χ0v) is 8.87. The fourth-order valence-corrected chi connectivity index (χ4v) is 0.969. The third-order valence-electron chi connectivity index (χ3n) is 1.76. The van der Waals surface area contributed by atoms with Crippen molar-refractivity contribution in [2.24, 2.45) is 0 Å². The fourth-order valence-electron chi connectivity index (χ4n) is 0.969. The zero-order valence-electron chi connectivity index (χ0n) is 8.87. The first-order valence-corrected chi connectivity index (χ1v) is 5.22. The summed E-state index contributed by atoms with van der Waals surface area (Å²) in [6.07, 6.45) is 7.62. The van der Waals surface area contributed by atoms with E-state index in [1.165, 1.54) is 0 Å². The Balaban J connectivity index is 3.28. The molecule has 3 heteroatoms. The van der Waals surface area contributed by atoms with Gasteiger partial charge in [-0.2, -0.15) is 0 Å². The summed E-state index contributed by atoms with van der Waals surface area (Å²) in [6, 6.07) is 0. The van der Waals surface area contributed by atoms with Crippen LogP contribution in [-0.4, -0.2) is 24.3 Å². The van der Waals surface area contributed by atoms with Crippen LogP contribution in [0.5, 0.6) is 0 Å². The zero-order chi connectivity index (χ0) is 10.6. The van der Waals surface area contributed by atoms with Crippen molar-refractivity contribution in [2.45, 2.75) is 39.0 Å². The second-order valence-electron chi connectivity index (χ2n) is 3.12. The maximum absolute atomic E-state index is 11.0. The van der Waals surface area contributed by atoms with E-state index < -0.39 is 0 Å². The number of ether oxygens (including phenoxy) is 1. The molecule has 1 N–H and O–H groups in total. The van der Waals surface area contributed by atoms with E-state index in [2.05, 4.69) is 6.92 Å². The standard InChI is InChI=1S/C11H20O3/c1-2-3-7-10-14-11(13)8-5-4-6-9-12/h4-5,12H,2-3,6-10H2,1H3/b5-4-. The molecule has 0 aromatic carbocycles. The summed E-state index contributed by atoms with van der Waals surface area (Å²) in [5, 5.41) is 8.46. The molecule has 0 atom stereocenters. The van der Waals surface area contributed by atoms with Crippen LogP contribution in [0.3, 0.4) is 0 Å². The van der Waals surface area contributed by atoms with Crippen molar-refractivity contribution >= 4 is 5.97 Å². The lowest BCUT2D eigenvalue weighted by Crippen LogP contribution is -2.04. The van der Waals surface area contributed by atoms with E-state index in [0.717, 1.165) is 19.3 Å². The quantitative estimate of drug-likeness (QED) is 0.370. The van der Waals surface area contributed by atoms with Crippen LogP contribution >= 0.6 is 0 Å². The Labute approximate surface area is 85.8 Å². The van der Waals surface area contributed by atoms with Crippen LogP contribution in [0.15, 0.2) is 12.2 Å². The van der Waals surface area contributed by atoms with Crippen molar-refractivity contribution in [1.82, 2.24) is 0 Å². The first kappa shape index (κ1) is 13.2. The molecule has 0 fully saturated rings. The molecule has 0 aromatic heterocycles. The van der Waals surface area contributed by atoms with Crippen molar-refractivity contribution in [2.75, 3.05) is 13.2 Å². The maximum Gasteiger partial charge on any atom is 0.309 e. The molecule has 0 radical (unpaired) electrons. The largest absolute Gasteiger partial charge is 0.465 e. The monoisotopic (exact) mass is 200 g/mol. The maximum atomic E-state index is 11.0. The Kier molecular flexibility index (Phi) is 9.64. The molecular weight excluding hydrogens is 180 g/mol. The molecule has 0 aliphatic heterocycles. The molecule has 14 heavy (non-hydrogen) atoms. The lowest BCUT2D eigenvalue weighted by molar-refractivity contribution is -0.142. The SMILES string of the molecule is CCCCCOC(=O)C/C=C\CCO. The highest BCUT2D eigenvalue weighted by Gasteiger charge is 1.97. The van der Waals surface area contributed by atoms with E-state index in [1.807, 2.05) is 0 Å². The predicted molar refractivity (Wildman–Crippen MR) is 55.9 cm³/mol. The Bertz CT molecular complexity index is 164. The van der Waals surface area contributed by atoms with Crippen molar-refractivity contribution in [3.05, 3.63) is 12.2 Å². The van der Waals surface area contributed by atoms with Gasteiger partial charge in [-0.15, -0.1) is 0 Å². The van der Waals surface area contributed by atoms with Crippen LogP contribution in [-0.2, 0) is 9.53 Å². The molecule has 0 unspecified atom stereocenters. The highest BCUT2D eigenvalue weighted by atomic mass is 16.5. The fraction of sp³-hybridized carbons (Fsp3) is 0.727. The number of esters is 1. The van der Waals surface area contributed by atoms with Gasteiger partial charge in [0.2, 0.25) is 0 Å². The van der Waals surface area contributed by atoms with Crippen molar-refractivity contribution in [3.8, 4) is 0 Å². The summed E-state index contributed by atoms with van der Waals surface area (Å²) in [6.45, 7) is 2.77. The average molecular weight is 200 g/mol. The molecule has 0 amide bonds. The summed E-state index contributed by atoms with van der Waals surface area (Å²) in [4.78, 5) is 11.0. The second kappa shape index (κ2) is 10.3. The van der Waals surface area contributed by atoms with Gasteiger partial charge in [-0.05, 0) is 12.8 Å². The number of rotatable bonds is 8. The number of hydrogen-bond acceptors (Lipinski definition) is 3. The van der Waals surface area contributed by atoms with Gasteiger partial charge in [0, 0.05) is 6.61 Å². The van der Waals surface area contributed by atoms with E-state index in [9.17, 15) is 4.79 Å². The van der Waals surface area contributed by atoms with E-state index in [0.29, 0.717) is 19.4 Å². The average Bonchev–Trinajstić information content (AvgIpc) is 2.19. The summed E-state index contributed by atoms with van der Waals surface area (Å²) in [5.74, 6) is -0.185. The van der Waals surface area contributed by atoms with Crippen LogP contribution < -0.4 is 0 Å². The number of carbonyl (C=O) groups excluding carboxylic acids is 1. The van der Waals surface area contributed by atoms with Gasteiger partial charge >= 0.3 is 5.97 Å². The van der Waals surface area contributed by atoms with Crippen LogP contribution in [0.25, 0.3) is 0 Å². The Morgan fingerprint density at radius 1 is 1.36 bits per heavy atom. The summed E-state index contributed by atoms with van der Waals surface area (Å²) in [7, 11) is 0. The molecule has 0 heterocycles. The Morgan fingerprint density at radius 3 is 2.79 bits per heavy atom. The van der Waals surface area contributed by atoms with E-state index in [1.54, 1.807) is 12.2 Å². The molecular formula is C11H20O3. The van der Waals surface area contributed by atoms with Crippen LogP contribution in [0.1, 0.15) is 39.0 Å². The minimum Gasteiger partial charge on any atom is -0.465 e. The van der Waals surface area contributed by atoms with Gasteiger partial charge in [0.05, 0.1) is 13.0 Å². The van der Waals surface area contributed by atoms with E-state index in [-0.39, 0.29) is 12.6 Å². The van der Waals surface area contributed by atoms with Gasteiger partial charge in [0.1, 0.15) is 0 Å². The smallest absolute Gasteiger partial charge is 0.309 e. The van der Waals surface area contributed by atoms with Crippen molar-refractivity contribution in [1.29, 1.82) is 0 Å². The number of hydrogen-bond donors (Lipinski definition) is 1. The van der Waals surface area contributed by atoms with Crippen molar-refractivity contribution < 1.29 is 14.6 Å². The molecule has 0 aliphatic rings. The topological polar surface area (TPSA) is 46.5 Å². The van der Waals surface area contributed by atoms with Gasteiger partial charge in [0.15, 0.2) is 0 Å². The lowest BCUT2D eigenvalue weighted by Gasteiger charge is -2.01. The van der Waals surface area contributed by atoms with Crippen LogP contribution in [0.2, 0.25) is 0 Å². The number of unbranched alkanes of at least 4 members (excludes halogenated alkanes) is 2. The Morgan fingerprint density at radius 2 is 2.14 bits per heavy atom. The molecule has 3 nitrogen and oxygen atoms in total. The number of aliphatic hydroxyl groups is 1. The van der Waals surface area contributed by atoms with Gasteiger partial charge in [-0.25, -0.2) is 0 Å². The molecule has 0 saturated heterocycles. The van der Waals surface area contributed by atoms with Crippen LogP contribution in [0, 0.1) is 0 Å². The normalized spacial score (nSPS) is 10.7. The number of carbonyl (C=O) groups is 1. The molecule has 0 bridgehead atoms.